The van der Waals surface area contributed by atoms with Crippen molar-refractivity contribution in [2.24, 2.45) is 0 Å². The van der Waals surface area contributed by atoms with Crippen LogP contribution in [0.1, 0.15) is 15.9 Å². The van der Waals surface area contributed by atoms with Crippen molar-refractivity contribution in [2.45, 2.75) is 6.42 Å². The van der Waals surface area contributed by atoms with Gasteiger partial charge in [0.25, 0.3) is 0 Å². The van der Waals surface area contributed by atoms with Crippen LogP contribution in [-0.4, -0.2) is 12.9 Å². The van der Waals surface area contributed by atoms with E-state index in [1.165, 1.54) is 43.5 Å². The zero-order chi connectivity index (χ0) is 14.7. The Kier molecular flexibility index (Phi) is 4.49. The highest BCUT2D eigenvalue weighted by molar-refractivity contribution is 9.10. The van der Waals surface area contributed by atoms with Gasteiger partial charge in [-0.1, -0.05) is 22.0 Å². The smallest absolute Gasteiger partial charge is 0.167 e. The van der Waals surface area contributed by atoms with E-state index in [-0.39, 0.29) is 23.8 Å². The number of hydrogen-bond acceptors (Lipinski definition) is 2. The first-order valence-electron chi connectivity index (χ1n) is 5.82. The molecule has 0 aliphatic rings. The largest absolute Gasteiger partial charge is 0.494 e. The van der Waals surface area contributed by atoms with E-state index in [1.54, 1.807) is 0 Å². The van der Waals surface area contributed by atoms with Gasteiger partial charge in [-0.15, -0.1) is 0 Å². The quantitative estimate of drug-likeness (QED) is 0.781. The molecule has 0 spiro atoms. The molecule has 0 N–H and O–H groups in total. The van der Waals surface area contributed by atoms with Crippen molar-refractivity contribution >= 4 is 21.7 Å². The van der Waals surface area contributed by atoms with Crippen molar-refractivity contribution < 1.29 is 18.3 Å². The van der Waals surface area contributed by atoms with E-state index in [0.717, 1.165) is 0 Å². The van der Waals surface area contributed by atoms with Crippen molar-refractivity contribution in [1.29, 1.82) is 0 Å². The van der Waals surface area contributed by atoms with Gasteiger partial charge < -0.3 is 4.74 Å². The molecule has 0 aliphatic carbocycles. The topological polar surface area (TPSA) is 26.3 Å². The standard InChI is InChI=1S/C15H11BrF2O2/c1-20-15-7-10(3-5-13(15)18)14(19)6-9-2-4-11(17)8-12(9)16/h2-5,7-8H,6H2,1H3. The minimum Gasteiger partial charge on any atom is -0.494 e. The van der Waals surface area contributed by atoms with E-state index in [1.807, 2.05) is 0 Å². The fourth-order valence-electron chi connectivity index (χ4n) is 1.77. The summed E-state index contributed by atoms with van der Waals surface area (Å²) in [5.41, 5.74) is 1.01. The molecule has 20 heavy (non-hydrogen) atoms. The summed E-state index contributed by atoms with van der Waals surface area (Å²) in [6.07, 6.45) is 0.0929. The molecule has 0 aliphatic heterocycles. The second kappa shape index (κ2) is 6.13. The second-order valence-electron chi connectivity index (χ2n) is 4.19. The Morgan fingerprint density at radius 2 is 1.95 bits per heavy atom. The molecule has 2 rings (SSSR count). The Morgan fingerprint density at radius 1 is 1.20 bits per heavy atom. The average Bonchev–Trinajstić information content (AvgIpc) is 2.42. The third kappa shape index (κ3) is 3.22. The predicted octanol–water partition coefficient (Wildman–Crippen LogP) is 4.16. The minimum atomic E-state index is -0.521. The molecule has 2 nitrogen and oxygen atoms in total. The van der Waals surface area contributed by atoms with Crippen LogP contribution in [-0.2, 0) is 6.42 Å². The first-order valence-corrected chi connectivity index (χ1v) is 6.61. The molecule has 0 fully saturated rings. The van der Waals surface area contributed by atoms with Crippen LogP contribution >= 0.6 is 15.9 Å². The SMILES string of the molecule is COc1cc(C(=O)Cc2ccc(F)cc2Br)ccc1F. The lowest BCUT2D eigenvalue weighted by atomic mass is 10.0. The molecule has 0 bridgehead atoms. The lowest BCUT2D eigenvalue weighted by molar-refractivity contribution is 0.0992. The number of benzene rings is 2. The number of ketones is 1. The Balaban J connectivity index is 2.24. The van der Waals surface area contributed by atoms with Crippen LogP contribution in [0, 0.1) is 11.6 Å². The normalized spacial score (nSPS) is 10.4. The highest BCUT2D eigenvalue weighted by atomic mass is 79.9. The third-order valence-electron chi connectivity index (χ3n) is 2.84. The Hall–Kier alpha value is -1.75. The van der Waals surface area contributed by atoms with Crippen molar-refractivity contribution in [1.82, 2.24) is 0 Å². The summed E-state index contributed by atoms with van der Waals surface area (Å²) in [6, 6.07) is 8.07. The van der Waals surface area contributed by atoms with Crippen molar-refractivity contribution in [3.05, 3.63) is 63.6 Å². The molecular formula is C15H11BrF2O2. The summed E-state index contributed by atoms with van der Waals surface area (Å²) >= 11 is 3.21. The van der Waals surface area contributed by atoms with Gasteiger partial charge in [-0.05, 0) is 35.9 Å². The lowest BCUT2D eigenvalue weighted by Gasteiger charge is -2.07. The molecule has 2 aromatic carbocycles. The maximum absolute atomic E-state index is 13.3. The van der Waals surface area contributed by atoms with E-state index in [0.29, 0.717) is 15.6 Å². The number of ether oxygens (including phenoxy) is 1. The van der Waals surface area contributed by atoms with Gasteiger partial charge in [0.1, 0.15) is 5.82 Å². The molecule has 0 unspecified atom stereocenters. The molecule has 5 heteroatoms. The van der Waals surface area contributed by atoms with E-state index < -0.39 is 5.82 Å². The molecule has 0 heterocycles. The van der Waals surface area contributed by atoms with Crippen LogP contribution in [0.5, 0.6) is 5.75 Å². The number of rotatable bonds is 4. The first-order chi connectivity index (χ1) is 9.51. The van der Waals surface area contributed by atoms with Gasteiger partial charge in [0, 0.05) is 16.5 Å². The van der Waals surface area contributed by atoms with Gasteiger partial charge in [-0.2, -0.15) is 0 Å². The molecule has 0 radical (unpaired) electrons. The molecule has 0 saturated carbocycles. The number of halogens is 3. The van der Waals surface area contributed by atoms with E-state index in [2.05, 4.69) is 15.9 Å². The summed E-state index contributed by atoms with van der Waals surface area (Å²) in [5.74, 6) is -1.08. The summed E-state index contributed by atoms with van der Waals surface area (Å²) in [4.78, 5) is 12.1. The van der Waals surface area contributed by atoms with Gasteiger partial charge in [-0.3, -0.25) is 4.79 Å². The number of carbonyl (C=O) groups excluding carboxylic acids is 1. The number of Topliss-reactive ketones (excluding diaryl/α,β-unsaturated/α-hetero) is 1. The molecule has 0 aromatic heterocycles. The summed E-state index contributed by atoms with van der Waals surface area (Å²) in [7, 11) is 1.34. The first kappa shape index (κ1) is 14.7. The monoisotopic (exact) mass is 340 g/mol. The molecule has 0 atom stereocenters. The summed E-state index contributed by atoms with van der Waals surface area (Å²) in [5, 5.41) is 0. The van der Waals surface area contributed by atoms with E-state index in [4.69, 9.17) is 4.74 Å². The maximum Gasteiger partial charge on any atom is 0.167 e. The van der Waals surface area contributed by atoms with Crippen LogP contribution < -0.4 is 4.74 Å². The Bertz CT molecular complexity index is 656. The van der Waals surface area contributed by atoms with E-state index >= 15 is 0 Å². The summed E-state index contributed by atoms with van der Waals surface area (Å²) < 4.78 is 31.6. The van der Waals surface area contributed by atoms with Crippen LogP contribution in [0.25, 0.3) is 0 Å². The number of carbonyl (C=O) groups is 1. The Morgan fingerprint density at radius 3 is 2.60 bits per heavy atom. The third-order valence-corrected chi connectivity index (χ3v) is 3.58. The predicted molar refractivity (Wildman–Crippen MR) is 75.1 cm³/mol. The van der Waals surface area contributed by atoms with Gasteiger partial charge in [0.2, 0.25) is 0 Å². The zero-order valence-corrected chi connectivity index (χ0v) is 12.2. The maximum atomic E-state index is 13.3. The fraction of sp³-hybridized carbons (Fsp3) is 0.133. The molecule has 2 aromatic rings. The van der Waals surface area contributed by atoms with Crippen LogP contribution in [0.15, 0.2) is 40.9 Å². The Labute approximate surface area is 123 Å². The number of hydrogen-bond donors (Lipinski definition) is 0. The van der Waals surface area contributed by atoms with Crippen molar-refractivity contribution in [2.75, 3.05) is 7.11 Å². The highest BCUT2D eigenvalue weighted by Crippen LogP contribution is 2.22. The number of methoxy groups -OCH3 is 1. The highest BCUT2D eigenvalue weighted by Gasteiger charge is 2.12. The van der Waals surface area contributed by atoms with Crippen molar-refractivity contribution in [3.8, 4) is 5.75 Å². The molecule has 0 amide bonds. The zero-order valence-electron chi connectivity index (χ0n) is 10.6. The average molecular weight is 341 g/mol. The lowest BCUT2D eigenvalue weighted by Crippen LogP contribution is -2.05. The molecular weight excluding hydrogens is 330 g/mol. The van der Waals surface area contributed by atoms with Gasteiger partial charge >= 0.3 is 0 Å². The van der Waals surface area contributed by atoms with E-state index in [9.17, 15) is 13.6 Å². The molecule has 0 saturated heterocycles. The van der Waals surface area contributed by atoms with Crippen molar-refractivity contribution in [3.63, 3.8) is 0 Å². The van der Waals surface area contributed by atoms with Gasteiger partial charge in [0.15, 0.2) is 17.3 Å². The van der Waals surface area contributed by atoms with Crippen LogP contribution in [0.4, 0.5) is 8.78 Å². The second-order valence-corrected chi connectivity index (χ2v) is 5.04. The van der Waals surface area contributed by atoms with Crippen LogP contribution in [0.2, 0.25) is 0 Å². The van der Waals surface area contributed by atoms with Gasteiger partial charge in [-0.25, -0.2) is 8.78 Å². The van der Waals surface area contributed by atoms with Gasteiger partial charge in [0.05, 0.1) is 7.11 Å². The molecule has 104 valence electrons. The minimum absolute atomic E-state index is 0.0222. The van der Waals surface area contributed by atoms with Crippen LogP contribution in [0.3, 0.4) is 0 Å². The fourth-order valence-corrected chi connectivity index (χ4v) is 2.26. The summed E-state index contributed by atoms with van der Waals surface area (Å²) in [6.45, 7) is 0.